The third kappa shape index (κ3) is 2.62. The van der Waals surface area contributed by atoms with E-state index in [9.17, 15) is 14.4 Å². The number of carbonyl (C=O) groups excluding carboxylic acids is 3. The molecular weight excluding hydrogens is 308 g/mol. The van der Waals surface area contributed by atoms with Crippen molar-refractivity contribution in [2.45, 2.75) is 6.92 Å². The number of hydrogen-bond acceptors (Lipinski definition) is 4. The number of benzene rings is 2. The average Bonchev–Trinajstić information content (AvgIpc) is 2.84. The molecule has 3 amide bonds. The minimum atomic E-state index is -0.398. The minimum Gasteiger partial charge on any atom is -0.497 e. The van der Waals surface area contributed by atoms with Crippen LogP contribution in [-0.2, 0) is 4.79 Å². The molecule has 0 aliphatic carbocycles. The highest BCUT2D eigenvalue weighted by Crippen LogP contribution is 2.26. The van der Waals surface area contributed by atoms with Gasteiger partial charge in [-0.2, -0.15) is 0 Å². The number of nitrogens with zero attached hydrogens (tertiary/aromatic N) is 2. The molecule has 122 valence electrons. The van der Waals surface area contributed by atoms with Gasteiger partial charge in [-0.05, 0) is 24.3 Å². The van der Waals surface area contributed by atoms with Gasteiger partial charge in [-0.1, -0.05) is 18.2 Å². The van der Waals surface area contributed by atoms with Crippen molar-refractivity contribution in [3.63, 3.8) is 0 Å². The lowest BCUT2D eigenvalue weighted by Crippen LogP contribution is -2.43. The molecule has 24 heavy (non-hydrogen) atoms. The van der Waals surface area contributed by atoms with Gasteiger partial charge in [0.05, 0.1) is 18.2 Å². The first-order valence-corrected chi connectivity index (χ1v) is 7.40. The summed E-state index contributed by atoms with van der Waals surface area (Å²) in [7, 11) is 1.53. The summed E-state index contributed by atoms with van der Waals surface area (Å²) < 4.78 is 5.16. The quantitative estimate of drug-likeness (QED) is 0.810. The van der Waals surface area contributed by atoms with E-state index in [2.05, 4.69) is 0 Å². The van der Waals surface area contributed by atoms with Crippen LogP contribution in [0.2, 0.25) is 0 Å². The highest BCUT2D eigenvalue weighted by Gasteiger charge is 2.36. The molecule has 0 spiro atoms. The molecule has 0 unspecified atom stereocenters. The number of methoxy groups -OCH3 is 1. The Bertz CT molecular complexity index is 796. The SMILES string of the molecule is COc1cccc(N(CN2C(=O)c3ccccc3C2=O)C(C)=O)c1. The Morgan fingerprint density at radius 2 is 1.67 bits per heavy atom. The molecule has 0 fully saturated rings. The van der Waals surface area contributed by atoms with Gasteiger partial charge in [-0.15, -0.1) is 0 Å². The van der Waals surface area contributed by atoms with Crippen LogP contribution >= 0.6 is 0 Å². The van der Waals surface area contributed by atoms with E-state index in [1.807, 2.05) is 0 Å². The molecule has 2 aromatic rings. The Morgan fingerprint density at radius 1 is 1.04 bits per heavy atom. The van der Waals surface area contributed by atoms with Crippen LogP contribution in [0.25, 0.3) is 0 Å². The summed E-state index contributed by atoms with van der Waals surface area (Å²) in [5.74, 6) is -0.490. The van der Waals surface area contributed by atoms with Crippen molar-refractivity contribution < 1.29 is 19.1 Å². The number of imide groups is 1. The van der Waals surface area contributed by atoms with Crippen LogP contribution in [0.1, 0.15) is 27.6 Å². The van der Waals surface area contributed by atoms with Crippen LogP contribution in [0.5, 0.6) is 5.75 Å². The average molecular weight is 324 g/mol. The molecule has 1 heterocycles. The topological polar surface area (TPSA) is 66.9 Å². The summed E-state index contributed by atoms with van der Waals surface area (Å²) >= 11 is 0. The van der Waals surface area contributed by atoms with Crippen molar-refractivity contribution >= 4 is 23.4 Å². The van der Waals surface area contributed by atoms with Gasteiger partial charge in [0.15, 0.2) is 0 Å². The molecule has 1 aliphatic heterocycles. The van der Waals surface area contributed by atoms with E-state index in [4.69, 9.17) is 4.74 Å². The van der Waals surface area contributed by atoms with Gasteiger partial charge in [0, 0.05) is 18.7 Å². The van der Waals surface area contributed by atoms with E-state index in [1.54, 1.807) is 48.5 Å². The molecule has 0 radical (unpaired) electrons. The number of amides is 3. The maximum Gasteiger partial charge on any atom is 0.263 e. The Kier molecular flexibility index (Phi) is 4.04. The predicted molar refractivity (Wildman–Crippen MR) is 88.0 cm³/mol. The third-order valence-electron chi connectivity index (χ3n) is 3.91. The first kappa shape index (κ1) is 15.7. The first-order chi connectivity index (χ1) is 11.5. The Morgan fingerprint density at radius 3 is 2.21 bits per heavy atom. The zero-order valence-electron chi connectivity index (χ0n) is 13.4. The van der Waals surface area contributed by atoms with Crippen molar-refractivity contribution in [2.24, 2.45) is 0 Å². The zero-order valence-corrected chi connectivity index (χ0v) is 13.4. The largest absolute Gasteiger partial charge is 0.497 e. The van der Waals surface area contributed by atoms with Crippen molar-refractivity contribution in [3.05, 3.63) is 59.7 Å². The third-order valence-corrected chi connectivity index (χ3v) is 3.91. The lowest BCUT2D eigenvalue weighted by Gasteiger charge is -2.26. The number of hydrogen-bond donors (Lipinski definition) is 0. The Balaban J connectivity index is 1.91. The van der Waals surface area contributed by atoms with Crippen molar-refractivity contribution in [1.29, 1.82) is 0 Å². The second kappa shape index (κ2) is 6.16. The molecule has 0 saturated heterocycles. The number of ether oxygens (including phenoxy) is 1. The second-order valence-electron chi connectivity index (χ2n) is 5.37. The van der Waals surface area contributed by atoms with Crippen molar-refractivity contribution in [3.8, 4) is 5.75 Å². The molecule has 2 aromatic carbocycles. The molecule has 0 bridgehead atoms. The number of carbonyl (C=O) groups is 3. The lowest BCUT2D eigenvalue weighted by molar-refractivity contribution is -0.116. The Labute approximate surface area is 139 Å². The van der Waals surface area contributed by atoms with Crippen LogP contribution in [0.3, 0.4) is 0 Å². The molecule has 0 saturated carbocycles. The van der Waals surface area contributed by atoms with Crippen LogP contribution in [0, 0.1) is 0 Å². The zero-order chi connectivity index (χ0) is 17.3. The van der Waals surface area contributed by atoms with Gasteiger partial charge >= 0.3 is 0 Å². The van der Waals surface area contributed by atoms with E-state index >= 15 is 0 Å². The molecule has 0 N–H and O–H groups in total. The minimum absolute atomic E-state index is 0.144. The molecular formula is C18H16N2O4. The van der Waals surface area contributed by atoms with Crippen molar-refractivity contribution in [1.82, 2.24) is 4.90 Å². The summed E-state index contributed by atoms with van der Waals surface area (Å²) in [6.45, 7) is 1.24. The van der Waals surface area contributed by atoms with Crippen LogP contribution in [0.15, 0.2) is 48.5 Å². The van der Waals surface area contributed by atoms with E-state index in [0.29, 0.717) is 22.6 Å². The summed E-state index contributed by atoms with van der Waals surface area (Å²) in [6, 6.07) is 13.5. The summed E-state index contributed by atoms with van der Waals surface area (Å²) in [5.41, 5.74) is 1.27. The normalized spacial score (nSPS) is 13.0. The Hall–Kier alpha value is -3.15. The van der Waals surface area contributed by atoms with E-state index in [-0.39, 0.29) is 12.6 Å². The van der Waals surface area contributed by atoms with E-state index in [0.717, 1.165) is 4.90 Å². The lowest BCUT2D eigenvalue weighted by atomic mass is 10.1. The van der Waals surface area contributed by atoms with Gasteiger partial charge in [0.25, 0.3) is 11.8 Å². The van der Waals surface area contributed by atoms with E-state index in [1.165, 1.54) is 18.9 Å². The fourth-order valence-corrected chi connectivity index (χ4v) is 2.65. The van der Waals surface area contributed by atoms with Crippen molar-refractivity contribution in [2.75, 3.05) is 18.7 Å². The summed E-state index contributed by atoms with van der Waals surface area (Å²) in [4.78, 5) is 39.4. The highest BCUT2D eigenvalue weighted by atomic mass is 16.5. The highest BCUT2D eigenvalue weighted by molar-refractivity contribution is 6.21. The molecule has 0 aromatic heterocycles. The summed E-state index contributed by atoms with van der Waals surface area (Å²) in [6.07, 6.45) is 0. The van der Waals surface area contributed by atoms with Crippen LogP contribution in [0.4, 0.5) is 5.69 Å². The standard InChI is InChI=1S/C18H16N2O4/c1-12(21)19(13-6-5-7-14(10-13)24-2)11-20-17(22)15-8-3-4-9-16(15)18(20)23/h3-10H,11H2,1-2H3. The second-order valence-corrected chi connectivity index (χ2v) is 5.37. The number of rotatable bonds is 4. The number of anilines is 1. The molecule has 3 rings (SSSR count). The molecule has 0 atom stereocenters. The fraction of sp³-hybridized carbons (Fsp3) is 0.167. The number of fused-ring (bicyclic) bond motifs is 1. The monoisotopic (exact) mass is 324 g/mol. The first-order valence-electron chi connectivity index (χ1n) is 7.40. The molecule has 6 heteroatoms. The van der Waals surface area contributed by atoms with Gasteiger partial charge in [0.1, 0.15) is 12.4 Å². The van der Waals surface area contributed by atoms with Crippen LogP contribution < -0.4 is 9.64 Å². The van der Waals surface area contributed by atoms with Crippen LogP contribution in [-0.4, -0.2) is 36.4 Å². The smallest absolute Gasteiger partial charge is 0.263 e. The van der Waals surface area contributed by atoms with E-state index < -0.39 is 11.8 Å². The fourth-order valence-electron chi connectivity index (χ4n) is 2.65. The molecule has 6 nitrogen and oxygen atoms in total. The maximum atomic E-state index is 12.5. The molecule has 1 aliphatic rings. The maximum absolute atomic E-state index is 12.5. The summed E-state index contributed by atoms with van der Waals surface area (Å²) in [5, 5.41) is 0. The van der Waals surface area contributed by atoms with Gasteiger partial charge < -0.3 is 4.74 Å². The van der Waals surface area contributed by atoms with Gasteiger partial charge in [-0.3, -0.25) is 24.2 Å². The predicted octanol–water partition coefficient (Wildman–Crippen LogP) is 2.30. The van der Waals surface area contributed by atoms with Gasteiger partial charge in [0.2, 0.25) is 5.91 Å². The van der Waals surface area contributed by atoms with Gasteiger partial charge in [-0.25, -0.2) is 0 Å².